The van der Waals surface area contributed by atoms with Gasteiger partial charge in [0.2, 0.25) is 0 Å². The number of nitrogens with one attached hydrogen (secondary N) is 1. The molecule has 1 rings (SSSR count). The van der Waals surface area contributed by atoms with Crippen LogP contribution >= 0.6 is 0 Å². The summed E-state index contributed by atoms with van der Waals surface area (Å²) in [6.45, 7) is 3.22. The molecule has 1 N–H and O–H groups in total. The summed E-state index contributed by atoms with van der Waals surface area (Å²) in [7, 11) is 1.66. The van der Waals surface area contributed by atoms with E-state index in [0.29, 0.717) is 6.54 Å². The lowest BCUT2D eigenvalue weighted by atomic mass is 10.2. The summed E-state index contributed by atoms with van der Waals surface area (Å²) in [6, 6.07) is 1.76. The number of halogens is 2. The minimum atomic E-state index is -2.33. The van der Waals surface area contributed by atoms with Crippen molar-refractivity contribution < 1.29 is 8.78 Å². The monoisotopic (exact) mass is 229 g/mol. The molecule has 1 aromatic heterocycles. The van der Waals surface area contributed by atoms with Gasteiger partial charge in [0, 0.05) is 37.2 Å². The Bertz CT molecular complexity index is 318. The second-order valence-corrected chi connectivity index (χ2v) is 3.56. The van der Waals surface area contributed by atoms with E-state index in [-0.39, 0.29) is 6.54 Å². The maximum absolute atomic E-state index is 12.3. The third-order valence-corrected chi connectivity index (χ3v) is 2.27. The Morgan fingerprint density at radius 3 is 2.88 bits per heavy atom. The van der Waals surface area contributed by atoms with Crippen LogP contribution in [0.3, 0.4) is 0 Å². The van der Waals surface area contributed by atoms with Crippen LogP contribution in [0.15, 0.2) is 18.5 Å². The molecule has 0 fully saturated rings. The predicted molar refractivity (Wildman–Crippen MR) is 60.9 cm³/mol. The van der Waals surface area contributed by atoms with E-state index in [1.807, 2.05) is 6.92 Å². The Morgan fingerprint density at radius 1 is 1.50 bits per heavy atom. The van der Waals surface area contributed by atoms with Crippen LogP contribution in [-0.4, -0.2) is 31.5 Å². The van der Waals surface area contributed by atoms with Crippen molar-refractivity contribution in [1.82, 2.24) is 10.3 Å². The summed E-state index contributed by atoms with van der Waals surface area (Å²) >= 11 is 0. The van der Waals surface area contributed by atoms with Crippen LogP contribution in [0.1, 0.15) is 12.5 Å². The lowest BCUT2D eigenvalue weighted by Gasteiger charge is -2.21. The summed E-state index contributed by atoms with van der Waals surface area (Å²) in [5.74, 6) is 0. The maximum Gasteiger partial charge on any atom is 0.255 e. The van der Waals surface area contributed by atoms with Crippen molar-refractivity contribution in [3.63, 3.8) is 0 Å². The zero-order valence-corrected chi connectivity index (χ0v) is 9.58. The van der Waals surface area contributed by atoms with E-state index >= 15 is 0 Å². The van der Waals surface area contributed by atoms with Gasteiger partial charge in [0.1, 0.15) is 0 Å². The molecule has 0 bridgehead atoms. The third-order valence-electron chi connectivity index (χ3n) is 2.27. The number of hydrogen-bond donors (Lipinski definition) is 1. The van der Waals surface area contributed by atoms with Crippen molar-refractivity contribution in [3.8, 4) is 0 Å². The van der Waals surface area contributed by atoms with E-state index in [0.717, 1.165) is 17.8 Å². The number of aromatic nitrogens is 1. The van der Waals surface area contributed by atoms with Gasteiger partial charge in [-0.2, -0.15) is 0 Å². The molecule has 0 unspecified atom stereocenters. The minimum absolute atomic E-state index is 0.261. The van der Waals surface area contributed by atoms with Crippen molar-refractivity contribution in [2.75, 3.05) is 25.0 Å². The van der Waals surface area contributed by atoms with Crippen molar-refractivity contribution in [2.45, 2.75) is 19.9 Å². The Kier molecular flexibility index (Phi) is 5.11. The van der Waals surface area contributed by atoms with Crippen LogP contribution < -0.4 is 10.2 Å². The number of hydrogen-bond acceptors (Lipinski definition) is 3. The van der Waals surface area contributed by atoms with Gasteiger partial charge in [0.05, 0.1) is 6.54 Å². The summed E-state index contributed by atoms with van der Waals surface area (Å²) in [6.07, 6.45) is 0.998. The standard InChI is InChI=1S/C11H17F2N3/c1-3-14-6-9-7-15-5-4-10(9)16(2)8-11(12)13/h4-5,7,11,14H,3,6,8H2,1-2H3. The molecule has 1 aromatic rings. The van der Waals surface area contributed by atoms with Crippen LogP contribution in [0.2, 0.25) is 0 Å². The first-order valence-electron chi connectivity index (χ1n) is 5.28. The topological polar surface area (TPSA) is 28.2 Å². The van der Waals surface area contributed by atoms with Gasteiger partial charge in [-0.05, 0) is 12.6 Å². The van der Waals surface area contributed by atoms with Gasteiger partial charge in [-0.1, -0.05) is 6.92 Å². The molecule has 16 heavy (non-hydrogen) atoms. The van der Waals surface area contributed by atoms with Gasteiger partial charge in [-0.25, -0.2) is 8.78 Å². The van der Waals surface area contributed by atoms with E-state index in [2.05, 4.69) is 10.3 Å². The number of nitrogens with zero attached hydrogens (tertiary/aromatic N) is 2. The Morgan fingerprint density at radius 2 is 2.25 bits per heavy atom. The number of rotatable bonds is 6. The maximum atomic E-state index is 12.3. The number of pyridine rings is 1. The highest BCUT2D eigenvalue weighted by molar-refractivity contribution is 5.51. The predicted octanol–water partition coefficient (Wildman–Crippen LogP) is 1.89. The molecule has 0 radical (unpaired) electrons. The summed E-state index contributed by atoms with van der Waals surface area (Å²) in [5.41, 5.74) is 1.74. The highest BCUT2D eigenvalue weighted by Gasteiger charge is 2.11. The molecule has 5 heteroatoms. The van der Waals surface area contributed by atoms with Crippen LogP contribution in [0, 0.1) is 0 Å². The van der Waals surface area contributed by atoms with Crippen molar-refractivity contribution in [1.29, 1.82) is 0 Å². The zero-order chi connectivity index (χ0) is 12.0. The van der Waals surface area contributed by atoms with E-state index in [9.17, 15) is 8.78 Å². The van der Waals surface area contributed by atoms with Gasteiger partial charge in [0.15, 0.2) is 0 Å². The first-order chi connectivity index (χ1) is 7.65. The molecular formula is C11H17F2N3. The first-order valence-corrected chi connectivity index (χ1v) is 5.28. The fraction of sp³-hybridized carbons (Fsp3) is 0.545. The third kappa shape index (κ3) is 3.73. The Hall–Kier alpha value is -1.23. The second-order valence-electron chi connectivity index (χ2n) is 3.56. The molecule has 0 aliphatic heterocycles. The second kappa shape index (κ2) is 6.37. The van der Waals surface area contributed by atoms with Gasteiger partial charge in [0.25, 0.3) is 6.43 Å². The molecule has 0 spiro atoms. The fourth-order valence-electron chi connectivity index (χ4n) is 1.49. The molecule has 0 atom stereocenters. The van der Waals surface area contributed by atoms with Gasteiger partial charge in [-0.15, -0.1) is 0 Å². The fourth-order valence-corrected chi connectivity index (χ4v) is 1.49. The molecule has 1 heterocycles. The highest BCUT2D eigenvalue weighted by atomic mass is 19.3. The zero-order valence-electron chi connectivity index (χ0n) is 9.58. The Balaban J connectivity index is 2.76. The van der Waals surface area contributed by atoms with E-state index in [4.69, 9.17) is 0 Å². The van der Waals surface area contributed by atoms with Crippen LogP contribution in [0.5, 0.6) is 0 Å². The average molecular weight is 229 g/mol. The van der Waals surface area contributed by atoms with Gasteiger partial charge in [-0.3, -0.25) is 4.98 Å². The van der Waals surface area contributed by atoms with Crippen LogP contribution in [0.25, 0.3) is 0 Å². The normalized spacial score (nSPS) is 10.8. The van der Waals surface area contributed by atoms with Crippen molar-refractivity contribution in [2.24, 2.45) is 0 Å². The molecule has 0 saturated heterocycles. The summed E-state index contributed by atoms with van der Waals surface area (Å²) < 4.78 is 24.6. The van der Waals surface area contributed by atoms with Crippen molar-refractivity contribution in [3.05, 3.63) is 24.0 Å². The van der Waals surface area contributed by atoms with Gasteiger partial charge < -0.3 is 10.2 Å². The molecule has 0 saturated carbocycles. The molecule has 0 amide bonds. The average Bonchev–Trinajstić information content (AvgIpc) is 2.25. The molecule has 3 nitrogen and oxygen atoms in total. The summed E-state index contributed by atoms with van der Waals surface area (Å²) in [4.78, 5) is 5.56. The molecule has 0 aliphatic carbocycles. The summed E-state index contributed by atoms with van der Waals surface area (Å²) in [5, 5.41) is 3.16. The quantitative estimate of drug-likeness (QED) is 0.807. The van der Waals surface area contributed by atoms with Crippen LogP contribution in [0.4, 0.5) is 14.5 Å². The number of alkyl halides is 2. The van der Waals surface area contributed by atoms with Crippen molar-refractivity contribution >= 4 is 5.69 Å². The highest BCUT2D eigenvalue weighted by Crippen LogP contribution is 2.18. The molecule has 0 aromatic carbocycles. The van der Waals surface area contributed by atoms with E-state index in [1.165, 1.54) is 0 Å². The first kappa shape index (κ1) is 12.8. The van der Waals surface area contributed by atoms with E-state index in [1.54, 1.807) is 30.4 Å². The number of anilines is 1. The Labute approximate surface area is 94.5 Å². The lowest BCUT2D eigenvalue weighted by molar-refractivity contribution is 0.156. The smallest absolute Gasteiger partial charge is 0.255 e. The SMILES string of the molecule is CCNCc1cnccc1N(C)CC(F)F. The lowest BCUT2D eigenvalue weighted by Crippen LogP contribution is -2.26. The molecule has 90 valence electrons. The van der Waals surface area contributed by atoms with E-state index < -0.39 is 6.43 Å². The van der Waals surface area contributed by atoms with Gasteiger partial charge >= 0.3 is 0 Å². The molecular weight excluding hydrogens is 212 g/mol. The minimum Gasteiger partial charge on any atom is -0.369 e. The van der Waals surface area contributed by atoms with Crippen LogP contribution in [-0.2, 0) is 6.54 Å². The molecule has 0 aliphatic rings. The largest absolute Gasteiger partial charge is 0.369 e.